The normalized spacial score (nSPS) is 20.8. The van der Waals surface area contributed by atoms with Crippen LogP contribution in [0.25, 0.3) is 0 Å². The zero-order chi connectivity index (χ0) is 9.68. The van der Waals surface area contributed by atoms with E-state index < -0.39 is 0 Å². The number of hydrogen-bond acceptors (Lipinski definition) is 2. The lowest BCUT2D eigenvalue weighted by molar-refractivity contribution is -0.141. The molecular weight excluding hydrogens is 164 g/mol. The predicted octanol–water partition coefficient (Wildman–Crippen LogP) is 2.24. The van der Waals surface area contributed by atoms with E-state index in [9.17, 15) is 4.79 Å². The molecule has 2 heteroatoms. The van der Waals surface area contributed by atoms with Crippen molar-refractivity contribution in [2.24, 2.45) is 5.92 Å². The molecule has 0 spiro atoms. The number of hydrogen-bond donors (Lipinski definition) is 0. The topological polar surface area (TPSA) is 26.3 Å². The van der Waals surface area contributed by atoms with Crippen LogP contribution in [0.3, 0.4) is 0 Å². The molecule has 2 nitrogen and oxygen atoms in total. The molecule has 1 atom stereocenters. The highest BCUT2D eigenvalue weighted by Crippen LogP contribution is 2.13. The monoisotopic (exact) mass is 178 g/mol. The van der Waals surface area contributed by atoms with E-state index in [1.54, 1.807) is 0 Å². The first-order valence-electron chi connectivity index (χ1n) is 4.32. The number of allylic oxidation sites excluding steroid dienone is 6. The van der Waals surface area contributed by atoms with Crippen LogP contribution in [0.4, 0.5) is 0 Å². The summed E-state index contributed by atoms with van der Waals surface area (Å²) in [5.41, 5.74) is 1.20. The molecule has 1 unspecified atom stereocenters. The van der Waals surface area contributed by atoms with Crippen molar-refractivity contribution >= 4 is 5.97 Å². The van der Waals surface area contributed by atoms with Crippen molar-refractivity contribution in [2.45, 2.75) is 13.3 Å². The molecule has 0 heterocycles. The zero-order valence-electron chi connectivity index (χ0n) is 7.99. The van der Waals surface area contributed by atoms with Crippen molar-refractivity contribution in [2.75, 3.05) is 7.11 Å². The van der Waals surface area contributed by atoms with Crippen LogP contribution in [0.5, 0.6) is 0 Å². The van der Waals surface area contributed by atoms with E-state index in [2.05, 4.69) is 4.74 Å². The third-order valence-electron chi connectivity index (χ3n) is 1.95. The minimum Gasteiger partial charge on any atom is -0.469 e. The summed E-state index contributed by atoms with van der Waals surface area (Å²) >= 11 is 0. The fourth-order valence-corrected chi connectivity index (χ4v) is 1.16. The maximum Gasteiger partial charge on any atom is 0.306 e. The predicted molar refractivity (Wildman–Crippen MR) is 52.2 cm³/mol. The largest absolute Gasteiger partial charge is 0.469 e. The van der Waals surface area contributed by atoms with E-state index in [4.69, 9.17) is 0 Å². The Kier molecular flexibility index (Phi) is 3.50. The van der Waals surface area contributed by atoms with Gasteiger partial charge in [-0.2, -0.15) is 0 Å². The van der Waals surface area contributed by atoms with E-state index >= 15 is 0 Å². The summed E-state index contributed by atoms with van der Waals surface area (Å²) in [6.45, 7) is 2.03. The summed E-state index contributed by atoms with van der Waals surface area (Å²) in [4.78, 5) is 11.0. The average molecular weight is 178 g/mol. The molecule has 0 bridgehead atoms. The number of carbonyl (C=O) groups is 1. The Morgan fingerprint density at radius 3 is 3.00 bits per heavy atom. The lowest BCUT2D eigenvalue weighted by Gasteiger charge is -2.04. The van der Waals surface area contributed by atoms with Crippen molar-refractivity contribution < 1.29 is 9.53 Å². The molecular formula is C11H14O2. The Balaban J connectivity index is 2.55. The van der Waals surface area contributed by atoms with Crippen molar-refractivity contribution in [1.29, 1.82) is 0 Å². The maximum absolute atomic E-state index is 11.0. The summed E-state index contributed by atoms with van der Waals surface area (Å²) in [5.74, 6) is 0.00000283. The Labute approximate surface area is 78.6 Å². The summed E-state index contributed by atoms with van der Waals surface area (Å²) < 4.78 is 4.60. The third kappa shape index (κ3) is 3.28. The minimum atomic E-state index is -0.168. The van der Waals surface area contributed by atoms with E-state index in [1.165, 1.54) is 12.7 Å². The van der Waals surface area contributed by atoms with Gasteiger partial charge in [-0.05, 0) is 6.92 Å². The van der Waals surface area contributed by atoms with Gasteiger partial charge in [0.25, 0.3) is 0 Å². The van der Waals surface area contributed by atoms with Crippen LogP contribution in [-0.2, 0) is 9.53 Å². The number of methoxy groups -OCH3 is 1. The fourth-order valence-electron chi connectivity index (χ4n) is 1.16. The Bertz CT molecular complexity index is 272. The van der Waals surface area contributed by atoms with Crippen molar-refractivity contribution in [3.05, 3.63) is 36.0 Å². The van der Waals surface area contributed by atoms with Gasteiger partial charge in [0.15, 0.2) is 0 Å². The van der Waals surface area contributed by atoms with Gasteiger partial charge >= 0.3 is 5.97 Å². The van der Waals surface area contributed by atoms with Crippen molar-refractivity contribution in [3.63, 3.8) is 0 Å². The Hall–Kier alpha value is -1.31. The van der Waals surface area contributed by atoms with Gasteiger partial charge in [-0.15, -0.1) is 0 Å². The highest BCUT2D eigenvalue weighted by molar-refractivity contribution is 5.70. The molecule has 1 aliphatic carbocycles. The van der Waals surface area contributed by atoms with Gasteiger partial charge in [-0.25, -0.2) is 0 Å². The molecule has 0 N–H and O–H groups in total. The molecule has 0 aliphatic heterocycles. The Morgan fingerprint density at radius 2 is 2.31 bits per heavy atom. The SMILES string of the molecule is COC(=O)CC1C=CC=C(C)C=C1. The van der Waals surface area contributed by atoms with Gasteiger partial charge in [-0.3, -0.25) is 4.79 Å². The van der Waals surface area contributed by atoms with Crippen molar-refractivity contribution in [1.82, 2.24) is 0 Å². The number of carbonyl (C=O) groups excluding carboxylic acids is 1. The number of rotatable bonds is 2. The highest BCUT2D eigenvalue weighted by atomic mass is 16.5. The first-order chi connectivity index (χ1) is 6.22. The first kappa shape index (κ1) is 9.78. The third-order valence-corrected chi connectivity index (χ3v) is 1.95. The number of ether oxygens (including phenoxy) is 1. The quantitative estimate of drug-likeness (QED) is 0.606. The average Bonchev–Trinajstić information content (AvgIpc) is 2.31. The van der Waals surface area contributed by atoms with Crippen LogP contribution in [0.15, 0.2) is 36.0 Å². The van der Waals surface area contributed by atoms with Crippen LogP contribution >= 0.6 is 0 Å². The Morgan fingerprint density at radius 1 is 1.54 bits per heavy atom. The molecule has 70 valence electrons. The second kappa shape index (κ2) is 4.65. The second-order valence-electron chi connectivity index (χ2n) is 3.10. The van der Waals surface area contributed by atoms with Crippen LogP contribution < -0.4 is 0 Å². The van der Waals surface area contributed by atoms with E-state index in [0.717, 1.165) is 0 Å². The molecule has 1 aliphatic rings. The van der Waals surface area contributed by atoms with Gasteiger partial charge in [0, 0.05) is 5.92 Å². The van der Waals surface area contributed by atoms with Crippen LogP contribution in [-0.4, -0.2) is 13.1 Å². The van der Waals surface area contributed by atoms with Gasteiger partial charge in [0.1, 0.15) is 0 Å². The summed E-state index contributed by atoms with van der Waals surface area (Å²) in [6, 6.07) is 0. The van der Waals surface area contributed by atoms with E-state index in [0.29, 0.717) is 6.42 Å². The van der Waals surface area contributed by atoms with Gasteiger partial charge in [0.05, 0.1) is 13.5 Å². The number of esters is 1. The molecule has 0 aromatic heterocycles. The minimum absolute atomic E-state index is 0.168. The summed E-state index contributed by atoms with van der Waals surface area (Å²) in [5, 5.41) is 0. The smallest absolute Gasteiger partial charge is 0.306 e. The van der Waals surface area contributed by atoms with Gasteiger partial charge < -0.3 is 4.74 Å². The molecule has 0 saturated carbocycles. The highest BCUT2D eigenvalue weighted by Gasteiger charge is 2.08. The van der Waals surface area contributed by atoms with E-state index in [-0.39, 0.29) is 11.9 Å². The van der Waals surface area contributed by atoms with Crippen molar-refractivity contribution in [3.8, 4) is 0 Å². The molecule has 0 saturated heterocycles. The molecule has 0 aromatic rings. The second-order valence-corrected chi connectivity index (χ2v) is 3.10. The first-order valence-corrected chi connectivity index (χ1v) is 4.32. The van der Waals surface area contributed by atoms with Gasteiger partial charge in [-0.1, -0.05) is 36.0 Å². The van der Waals surface area contributed by atoms with Crippen LogP contribution in [0.2, 0.25) is 0 Å². The molecule has 13 heavy (non-hydrogen) atoms. The lowest BCUT2D eigenvalue weighted by atomic mass is 10.1. The van der Waals surface area contributed by atoms with Crippen LogP contribution in [0, 0.1) is 5.92 Å². The fraction of sp³-hybridized carbons (Fsp3) is 0.364. The molecule has 0 radical (unpaired) electrons. The van der Waals surface area contributed by atoms with Crippen LogP contribution in [0.1, 0.15) is 13.3 Å². The van der Waals surface area contributed by atoms with Gasteiger partial charge in [0.2, 0.25) is 0 Å². The summed E-state index contributed by atoms with van der Waals surface area (Å²) in [6.07, 6.45) is 10.5. The van der Waals surface area contributed by atoms with E-state index in [1.807, 2.05) is 37.3 Å². The molecule has 0 aromatic carbocycles. The zero-order valence-corrected chi connectivity index (χ0v) is 7.99. The lowest BCUT2D eigenvalue weighted by Crippen LogP contribution is -2.05. The summed E-state index contributed by atoms with van der Waals surface area (Å²) in [7, 11) is 1.41. The standard InChI is InChI=1S/C11H14O2/c1-9-4-3-5-10(7-6-9)8-11(12)13-2/h3-7,10H,8H2,1-2H3. The molecule has 0 amide bonds. The maximum atomic E-state index is 11.0. The molecule has 1 rings (SSSR count). The molecule has 0 fully saturated rings.